The van der Waals surface area contributed by atoms with Gasteiger partial charge in [-0.1, -0.05) is 24.3 Å². The quantitative estimate of drug-likeness (QED) is 0.0523. The fourth-order valence-corrected chi connectivity index (χ4v) is 5.54. The Hall–Kier alpha value is -2.26. The molecular weight excluding hydrogens is 781 g/mol. The van der Waals surface area contributed by atoms with Gasteiger partial charge in [0.15, 0.2) is 0 Å². The van der Waals surface area contributed by atoms with Crippen molar-refractivity contribution in [1.29, 1.82) is 0 Å². The third-order valence-corrected chi connectivity index (χ3v) is 8.95. The molecule has 2 N–H and O–H groups in total. The van der Waals surface area contributed by atoms with Gasteiger partial charge in [0.1, 0.15) is 57.2 Å². The molecule has 20 heteroatoms. The van der Waals surface area contributed by atoms with E-state index in [4.69, 9.17) is 32.7 Å². The molecule has 0 spiro atoms. The average Bonchev–Trinajstić information content (AvgIpc) is 3.10. The van der Waals surface area contributed by atoms with Gasteiger partial charge < -0.3 is 28.8 Å². The van der Waals surface area contributed by atoms with Crippen LogP contribution < -0.4 is 68.6 Å². The molecule has 0 radical (unpaired) electrons. The summed E-state index contributed by atoms with van der Waals surface area (Å²) in [7, 11) is -10.1. The third kappa shape index (κ3) is 14.5. The van der Waals surface area contributed by atoms with Gasteiger partial charge in [-0.3, -0.25) is 0 Å². The Kier molecular flexibility index (Phi) is 19.1. The summed E-state index contributed by atoms with van der Waals surface area (Å²) in [4.78, 5) is -1.31. The van der Waals surface area contributed by atoms with Crippen molar-refractivity contribution < 1.29 is 105 Å². The summed E-state index contributed by atoms with van der Waals surface area (Å²) in [6.07, 6.45) is 0.693. The van der Waals surface area contributed by atoms with Gasteiger partial charge in [-0.2, -0.15) is 20.5 Å². The Morgan fingerprint density at radius 1 is 0.577 bits per heavy atom. The first-order valence-electron chi connectivity index (χ1n) is 14.4. The van der Waals surface area contributed by atoms with Gasteiger partial charge >= 0.3 is 59.1 Å². The van der Waals surface area contributed by atoms with E-state index in [2.05, 4.69) is 20.5 Å². The molecule has 52 heavy (non-hydrogen) atoms. The number of hydrogen-bond acceptors (Lipinski definition) is 14. The molecule has 0 fully saturated rings. The van der Waals surface area contributed by atoms with Crippen LogP contribution in [0.2, 0.25) is 0 Å². The van der Waals surface area contributed by atoms with Crippen molar-refractivity contribution in [3.05, 3.63) is 96.1 Å². The first kappa shape index (κ1) is 45.9. The number of halogens is 2. The van der Waals surface area contributed by atoms with Crippen LogP contribution in [-0.2, 0) is 20.2 Å². The second-order valence-corrected chi connectivity index (χ2v) is 13.6. The van der Waals surface area contributed by atoms with Gasteiger partial charge in [0.2, 0.25) is 0 Å². The molecule has 4 aromatic carbocycles. The van der Waals surface area contributed by atoms with E-state index in [9.17, 15) is 36.2 Å². The van der Waals surface area contributed by atoms with Crippen LogP contribution in [-0.4, -0.2) is 73.3 Å². The molecule has 2 unspecified atom stereocenters. The summed E-state index contributed by atoms with van der Waals surface area (Å²) >= 11 is 11.1. The Bertz CT molecular complexity index is 1940. The minimum Gasteiger partial charge on any atom is -0.744 e. The number of ether oxygens (including phenoxy) is 2. The van der Waals surface area contributed by atoms with E-state index in [1.807, 2.05) is 0 Å². The predicted octanol–water partition coefficient (Wildman–Crippen LogP) is 0.461. The standard InChI is InChI=1S/C32H30Cl2N4O10S2.2Na/c33-17-27(39)19-47-29-11-7-23(8-12-29)35-37-25-5-3-21(31(15-25)49(41,42)43)1-2-22-4-6-26(16-32(22)50(44,45)46)38-36-24-9-13-30(14-10-24)48-20-28(40)18-34;;/h1-16,27-28,39-40H,17-20H2,(H,41,42,43)(H,44,45,46);;/q;2*+1/p-2/b2-1+,37-35?,38-36?;;. The van der Waals surface area contributed by atoms with Crippen molar-refractivity contribution in [2.24, 2.45) is 20.5 Å². The average molecular weight is 810 g/mol. The number of benzene rings is 4. The number of aliphatic hydroxyl groups excluding tert-OH is 2. The van der Waals surface area contributed by atoms with Crippen molar-refractivity contribution in [2.75, 3.05) is 25.0 Å². The number of nitrogens with zero attached hydrogens (tertiary/aromatic N) is 4. The zero-order chi connectivity index (χ0) is 36.3. The van der Waals surface area contributed by atoms with Crippen LogP contribution in [0.15, 0.2) is 115 Å². The second-order valence-electron chi connectivity index (χ2n) is 10.3. The third-order valence-electron chi connectivity index (χ3n) is 6.45. The molecule has 0 aliphatic rings. The zero-order valence-electron chi connectivity index (χ0n) is 27.7. The summed E-state index contributed by atoms with van der Waals surface area (Å²) in [5, 5.41) is 35.0. The van der Waals surface area contributed by atoms with Crippen LogP contribution in [0.3, 0.4) is 0 Å². The van der Waals surface area contributed by atoms with Gasteiger partial charge in [-0.15, -0.1) is 23.2 Å². The molecular formula is C32H28Cl2N4Na2O10S2. The maximum absolute atomic E-state index is 12.1. The molecule has 0 aliphatic carbocycles. The van der Waals surface area contributed by atoms with Gasteiger partial charge in [0, 0.05) is 0 Å². The van der Waals surface area contributed by atoms with Crippen LogP contribution in [0, 0.1) is 0 Å². The molecule has 0 bridgehead atoms. The Morgan fingerprint density at radius 2 is 0.885 bits per heavy atom. The number of alkyl halides is 2. The van der Waals surface area contributed by atoms with E-state index in [0.29, 0.717) is 22.9 Å². The molecule has 0 saturated carbocycles. The van der Waals surface area contributed by atoms with Gasteiger partial charge in [-0.05, 0) is 83.9 Å². The summed E-state index contributed by atoms with van der Waals surface area (Å²) in [5.41, 5.74) is 0.634. The normalized spacial score (nSPS) is 13.1. The van der Waals surface area contributed by atoms with Crippen molar-refractivity contribution in [3.63, 3.8) is 0 Å². The molecule has 0 saturated heterocycles. The topological polar surface area (TPSA) is 223 Å². The maximum atomic E-state index is 12.1. The maximum Gasteiger partial charge on any atom is 1.00 e. The molecule has 2 atom stereocenters. The van der Waals surface area contributed by atoms with Gasteiger partial charge in [0.05, 0.1) is 44.3 Å². The Balaban J connectivity index is 0.00000468. The number of rotatable bonds is 16. The smallest absolute Gasteiger partial charge is 0.744 e. The largest absolute Gasteiger partial charge is 1.00 e. The van der Waals surface area contributed by atoms with Crippen molar-refractivity contribution >= 4 is 78.3 Å². The molecule has 0 aromatic heterocycles. The van der Waals surface area contributed by atoms with Crippen LogP contribution in [0.5, 0.6) is 11.5 Å². The van der Waals surface area contributed by atoms with Crippen LogP contribution >= 0.6 is 23.2 Å². The van der Waals surface area contributed by atoms with E-state index >= 15 is 0 Å². The van der Waals surface area contributed by atoms with E-state index in [-0.39, 0.29) is 107 Å². The van der Waals surface area contributed by atoms with E-state index in [1.165, 1.54) is 36.4 Å². The first-order valence-corrected chi connectivity index (χ1v) is 18.3. The van der Waals surface area contributed by atoms with Gasteiger partial charge in [-0.25, -0.2) is 16.8 Å². The minimum absolute atomic E-state index is 0. The van der Waals surface area contributed by atoms with Crippen LogP contribution in [0.25, 0.3) is 12.2 Å². The number of hydrogen-bond donors (Lipinski definition) is 2. The summed E-state index contributed by atoms with van der Waals surface area (Å²) in [6, 6.07) is 19.9. The first-order chi connectivity index (χ1) is 23.7. The summed E-state index contributed by atoms with van der Waals surface area (Å²) in [6.45, 7) is 0.000772. The van der Waals surface area contributed by atoms with Crippen molar-refractivity contribution in [2.45, 2.75) is 22.0 Å². The molecule has 4 rings (SSSR count). The summed E-state index contributed by atoms with van der Waals surface area (Å²) < 4.78 is 83.5. The fraction of sp³-hybridized carbons (Fsp3) is 0.188. The summed E-state index contributed by atoms with van der Waals surface area (Å²) in [5.74, 6) is 0.938. The van der Waals surface area contributed by atoms with E-state index in [0.717, 1.165) is 12.1 Å². The predicted molar refractivity (Wildman–Crippen MR) is 183 cm³/mol. The Labute approximate surface area is 354 Å². The Morgan fingerprint density at radius 3 is 1.19 bits per heavy atom. The molecule has 0 heterocycles. The molecule has 0 amide bonds. The molecule has 14 nitrogen and oxygen atoms in total. The van der Waals surface area contributed by atoms with Crippen molar-refractivity contribution in [3.8, 4) is 11.5 Å². The second kappa shape index (κ2) is 21.6. The molecule has 0 aliphatic heterocycles. The van der Waals surface area contributed by atoms with E-state index < -0.39 is 42.2 Å². The zero-order valence-corrected chi connectivity index (χ0v) is 34.9. The van der Waals surface area contributed by atoms with Crippen LogP contribution in [0.4, 0.5) is 22.7 Å². The molecule has 264 valence electrons. The minimum atomic E-state index is -5.04. The number of aliphatic hydroxyl groups is 2. The van der Waals surface area contributed by atoms with Crippen molar-refractivity contribution in [1.82, 2.24) is 0 Å². The number of azo groups is 2. The fourth-order valence-electron chi connectivity index (χ4n) is 3.98. The van der Waals surface area contributed by atoms with Crippen LogP contribution in [0.1, 0.15) is 11.1 Å². The van der Waals surface area contributed by atoms with E-state index in [1.54, 1.807) is 48.5 Å². The monoisotopic (exact) mass is 808 g/mol. The SMILES string of the molecule is O=S(=O)([O-])c1cc(N=Nc2ccc(OCC(O)CCl)cc2)ccc1/C=C/c1ccc(N=Nc2ccc(OCC(O)CCl)cc2)cc1S(=O)(=O)[O-].[Na+].[Na+]. The van der Waals surface area contributed by atoms with Gasteiger partial charge in [0.25, 0.3) is 0 Å². The molecule has 4 aromatic rings.